The minimum atomic E-state index is -3.36. The zero-order valence-corrected chi connectivity index (χ0v) is 15.2. The van der Waals surface area contributed by atoms with Crippen LogP contribution in [0.25, 0.3) is 0 Å². The second-order valence-corrected chi connectivity index (χ2v) is 8.04. The third-order valence-corrected chi connectivity index (χ3v) is 5.27. The quantitative estimate of drug-likeness (QED) is 0.764. The first-order valence-electron chi connectivity index (χ1n) is 7.80. The van der Waals surface area contributed by atoms with Gasteiger partial charge in [-0.05, 0) is 51.0 Å². The Kier molecular flexibility index (Phi) is 4.28. The number of carbonyl (C=O) groups is 1. The minimum Gasteiger partial charge on any atom is -0.449 e. The van der Waals surface area contributed by atoms with E-state index < -0.39 is 22.1 Å². The first kappa shape index (κ1) is 17.4. The van der Waals surface area contributed by atoms with Gasteiger partial charge in [0.1, 0.15) is 0 Å². The summed E-state index contributed by atoms with van der Waals surface area (Å²) in [5.41, 5.74) is 1.75. The van der Waals surface area contributed by atoms with E-state index in [0.717, 1.165) is 5.56 Å². The summed E-state index contributed by atoms with van der Waals surface area (Å²) in [6.45, 7) is 5.15. The van der Waals surface area contributed by atoms with E-state index in [-0.39, 0.29) is 11.9 Å². The molecule has 0 saturated heterocycles. The van der Waals surface area contributed by atoms with Gasteiger partial charge in [-0.1, -0.05) is 5.16 Å². The topological polar surface area (TPSA) is 103 Å². The summed E-state index contributed by atoms with van der Waals surface area (Å²) in [4.78, 5) is 16.4. The number of aryl methyl sites for hydroxylation is 1. The highest BCUT2D eigenvalue weighted by atomic mass is 32.2. The number of anilines is 1. The lowest BCUT2D eigenvalue weighted by molar-refractivity contribution is 0.0265. The lowest BCUT2D eigenvalue weighted by Gasteiger charge is -2.21. The van der Waals surface area contributed by atoms with E-state index in [4.69, 9.17) is 9.26 Å². The summed E-state index contributed by atoms with van der Waals surface area (Å²) < 4.78 is 35.6. The Labute approximate surface area is 145 Å². The Hall–Kier alpha value is -2.42. The van der Waals surface area contributed by atoms with E-state index in [0.29, 0.717) is 23.5 Å². The van der Waals surface area contributed by atoms with Crippen molar-refractivity contribution in [1.82, 2.24) is 10.1 Å². The Morgan fingerprint density at radius 2 is 2.16 bits per heavy atom. The van der Waals surface area contributed by atoms with E-state index in [2.05, 4.69) is 10.1 Å². The van der Waals surface area contributed by atoms with Crippen molar-refractivity contribution in [2.75, 3.05) is 10.6 Å². The molecule has 0 saturated carbocycles. The van der Waals surface area contributed by atoms with Crippen LogP contribution in [0.1, 0.15) is 47.6 Å². The van der Waals surface area contributed by atoms with Crippen LogP contribution in [0.15, 0.2) is 22.7 Å². The maximum Gasteiger partial charge on any atom is 0.338 e. The lowest BCUT2D eigenvalue weighted by Crippen LogP contribution is -2.34. The van der Waals surface area contributed by atoms with Gasteiger partial charge in [-0.3, -0.25) is 4.31 Å². The van der Waals surface area contributed by atoms with Crippen molar-refractivity contribution in [2.24, 2.45) is 0 Å². The normalized spacial score (nSPS) is 18.1. The Bertz CT molecular complexity index is 922. The molecule has 1 aliphatic heterocycles. The summed E-state index contributed by atoms with van der Waals surface area (Å²) in [5, 5.41) is 3.66. The predicted molar refractivity (Wildman–Crippen MR) is 89.8 cm³/mol. The van der Waals surface area contributed by atoms with E-state index in [9.17, 15) is 13.2 Å². The Morgan fingerprint density at radius 3 is 2.76 bits per heavy atom. The number of ether oxygens (including phenoxy) is 1. The predicted octanol–water partition coefficient (Wildman–Crippen LogP) is 2.01. The van der Waals surface area contributed by atoms with Crippen LogP contribution in [-0.2, 0) is 21.2 Å². The molecule has 1 aromatic heterocycles. The van der Waals surface area contributed by atoms with Gasteiger partial charge in [-0.25, -0.2) is 13.2 Å². The van der Waals surface area contributed by atoms with Gasteiger partial charge in [0.15, 0.2) is 11.9 Å². The standard InChI is InChI=1S/C16H19N3O5S/c1-9-7-13-8-12(5-6-14(13)19(9)25(4,21)22)16(20)23-10(2)15-17-11(3)18-24-15/h5-6,8-10H,7H2,1-4H3. The fourth-order valence-electron chi connectivity index (χ4n) is 2.99. The highest BCUT2D eigenvalue weighted by Crippen LogP contribution is 2.35. The van der Waals surface area contributed by atoms with Crippen molar-refractivity contribution >= 4 is 21.7 Å². The first-order chi connectivity index (χ1) is 11.7. The molecule has 25 heavy (non-hydrogen) atoms. The third kappa shape index (κ3) is 3.37. The van der Waals surface area contributed by atoms with Gasteiger partial charge in [0, 0.05) is 6.04 Å². The number of rotatable bonds is 4. The van der Waals surface area contributed by atoms with Crippen molar-refractivity contribution in [3.8, 4) is 0 Å². The molecule has 1 aliphatic rings. The maximum absolute atomic E-state index is 12.4. The van der Waals surface area contributed by atoms with Crippen LogP contribution in [0, 0.1) is 6.92 Å². The highest BCUT2D eigenvalue weighted by Gasteiger charge is 2.33. The summed E-state index contributed by atoms with van der Waals surface area (Å²) in [7, 11) is -3.36. The van der Waals surface area contributed by atoms with Crippen LogP contribution in [0.4, 0.5) is 5.69 Å². The van der Waals surface area contributed by atoms with Crippen LogP contribution in [0.2, 0.25) is 0 Å². The van der Waals surface area contributed by atoms with Crippen LogP contribution < -0.4 is 4.31 Å². The number of fused-ring (bicyclic) bond motifs is 1. The Balaban J connectivity index is 1.81. The molecular weight excluding hydrogens is 346 g/mol. The van der Waals surface area contributed by atoms with E-state index in [1.165, 1.54) is 10.6 Å². The fraction of sp³-hybridized carbons (Fsp3) is 0.438. The zero-order chi connectivity index (χ0) is 18.4. The van der Waals surface area contributed by atoms with E-state index >= 15 is 0 Å². The molecule has 2 unspecified atom stereocenters. The molecule has 0 radical (unpaired) electrons. The molecule has 0 aliphatic carbocycles. The molecule has 8 nitrogen and oxygen atoms in total. The van der Waals surface area contributed by atoms with Gasteiger partial charge >= 0.3 is 5.97 Å². The summed E-state index contributed by atoms with van der Waals surface area (Å²) in [6.07, 6.45) is 1.05. The van der Waals surface area contributed by atoms with Crippen molar-refractivity contribution < 1.29 is 22.5 Å². The van der Waals surface area contributed by atoms with Crippen LogP contribution in [0.5, 0.6) is 0 Å². The van der Waals surface area contributed by atoms with Gasteiger partial charge in [0.25, 0.3) is 5.89 Å². The lowest BCUT2D eigenvalue weighted by atomic mass is 10.1. The molecule has 3 rings (SSSR count). The van der Waals surface area contributed by atoms with Crippen LogP contribution in [-0.4, -0.2) is 36.8 Å². The second-order valence-electron chi connectivity index (χ2n) is 6.18. The average molecular weight is 365 g/mol. The number of benzene rings is 1. The highest BCUT2D eigenvalue weighted by molar-refractivity contribution is 7.92. The van der Waals surface area contributed by atoms with E-state index in [1.807, 2.05) is 6.92 Å². The molecule has 9 heteroatoms. The van der Waals surface area contributed by atoms with Crippen LogP contribution >= 0.6 is 0 Å². The van der Waals surface area contributed by atoms with Gasteiger partial charge in [0.2, 0.25) is 10.0 Å². The summed E-state index contributed by atoms with van der Waals surface area (Å²) in [6, 6.07) is 4.68. The molecule has 2 aromatic rings. The molecule has 0 fully saturated rings. The summed E-state index contributed by atoms with van der Waals surface area (Å²) in [5.74, 6) is 0.158. The van der Waals surface area contributed by atoms with Crippen molar-refractivity contribution in [3.05, 3.63) is 41.0 Å². The van der Waals surface area contributed by atoms with Gasteiger partial charge in [-0.2, -0.15) is 4.98 Å². The Morgan fingerprint density at radius 1 is 1.44 bits per heavy atom. The van der Waals surface area contributed by atoms with E-state index in [1.54, 1.807) is 32.0 Å². The summed E-state index contributed by atoms with van der Waals surface area (Å²) >= 11 is 0. The maximum atomic E-state index is 12.4. The van der Waals surface area contributed by atoms with Crippen molar-refractivity contribution in [1.29, 1.82) is 0 Å². The fourth-order valence-corrected chi connectivity index (χ4v) is 4.26. The van der Waals surface area contributed by atoms with Gasteiger partial charge in [-0.15, -0.1) is 0 Å². The monoisotopic (exact) mass is 365 g/mol. The molecule has 0 amide bonds. The average Bonchev–Trinajstić information content (AvgIpc) is 3.08. The first-order valence-corrected chi connectivity index (χ1v) is 9.65. The minimum absolute atomic E-state index is 0.184. The van der Waals surface area contributed by atoms with Gasteiger partial charge < -0.3 is 9.26 Å². The molecule has 2 atom stereocenters. The number of nitrogens with zero attached hydrogens (tertiary/aromatic N) is 3. The molecule has 2 heterocycles. The third-order valence-electron chi connectivity index (χ3n) is 4.00. The number of carbonyl (C=O) groups excluding carboxylic acids is 1. The van der Waals surface area contributed by atoms with Gasteiger partial charge in [0.05, 0.1) is 17.5 Å². The molecule has 0 bridgehead atoms. The number of hydrogen-bond donors (Lipinski definition) is 0. The molecule has 0 N–H and O–H groups in total. The molecule has 1 aromatic carbocycles. The number of esters is 1. The molecule has 0 spiro atoms. The smallest absolute Gasteiger partial charge is 0.338 e. The molecular formula is C16H19N3O5S. The molecule has 134 valence electrons. The van der Waals surface area contributed by atoms with Crippen LogP contribution in [0.3, 0.4) is 0 Å². The number of aromatic nitrogens is 2. The zero-order valence-electron chi connectivity index (χ0n) is 14.4. The van der Waals surface area contributed by atoms with Crippen molar-refractivity contribution in [2.45, 2.75) is 39.3 Å². The second kappa shape index (κ2) is 6.14. The number of hydrogen-bond acceptors (Lipinski definition) is 7. The largest absolute Gasteiger partial charge is 0.449 e. The number of sulfonamides is 1. The van der Waals surface area contributed by atoms with Crippen molar-refractivity contribution in [3.63, 3.8) is 0 Å². The SMILES string of the molecule is Cc1noc(C(C)OC(=O)c2ccc3c(c2)CC(C)N3S(C)(=O)=O)n1.